The molecule has 0 atom stereocenters. The second-order valence-electron chi connectivity index (χ2n) is 6.30. The highest BCUT2D eigenvalue weighted by Gasteiger charge is 2.10. The predicted octanol–water partition coefficient (Wildman–Crippen LogP) is 3.73. The minimum atomic E-state index is -0.516. The Labute approximate surface area is 174 Å². The molecule has 2 rings (SSSR count). The summed E-state index contributed by atoms with van der Waals surface area (Å²) < 4.78 is 18.5. The first-order valence-corrected chi connectivity index (χ1v) is 9.80. The summed E-state index contributed by atoms with van der Waals surface area (Å²) in [5.41, 5.74) is 5.51. The third-order valence-corrected chi connectivity index (χ3v) is 4.21. The lowest BCUT2D eigenvalue weighted by atomic mass is 10.2. The summed E-state index contributed by atoms with van der Waals surface area (Å²) in [6.45, 7) is 2.81. The van der Waals surface area contributed by atoms with Crippen LogP contribution in [0.25, 0.3) is 0 Å². The molecule has 29 heavy (non-hydrogen) atoms. The van der Waals surface area contributed by atoms with Crippen LogP contribution in [0.2, 0.25) is 0 Å². The topological polar surface area (TPSA) is 79.5 Å². The number of unbranched alkanes of at least 4 members (excludes halogenated alkanes) is 3. The Bertz CT molecular complexity index is 826. The SMILES string of the molecule is CCCCCCOc1ccc(C(=O)NNC(=S)NC(=O)c2ccc(F)cc2)cc1. The van der Waals surface area contributed by atoms with Crippen LogP contribution in [0.3, 0.4) is 0 Å². The molecule has 0 saturated heterocycles. The number of amides is 2. The van der Waals surface area contributed by atoms with Gasteiger partial charge in [0.15, 0.2) is 5.11 Å². The monoisotopic (exact) mass is 417 g/mol. The van der Waals surface area contributed by atoms with E-state index in [-0.39, 0.29) is 10.7 Å². The van der Waals surface area contributed by atoms with Gasteiger partial charge < -0.3 is 4.74 Å². The number of hydrogen-bond donors (Lipinski definition) is 3. The molecule has 0 aliphatic heterocycles. The quantitative estimate of drug-likeness (QED) is 0.346. The largest absolute Gasteiger partial charge is 0.494 e. The van der Waals surface area contributed by atoms with Crippen molar-refractivity contribution in [3.63, 3.8) is 0 Å². The second kappa shape index (κ2) is 11.8. The number of rotatable bonds is 8. The van der Waals surface area contributed by atoms with Crippen molar-refractivity contribution in [3.05, 3.63) is 65.5 Å². The summed E-state index contributed by atoms with van der Waals surface area (Å²) in [4.78, 5) is 24.1. The molecule has 0 unspecified atom stereocenters. The number of hydrazine groups is 1. The Morgan fingerprint density at radius 1 is 0.897 bits per heavy atom. The lowest BCUT2D eigenvalue weighted by Crippen LogP contribution is -2.48. The van der Waals surface area contributed by atoms with Crippen LogP contribution >= 0.6 is 12.2 Å². The summed E-state index contributed by atoms with van der Waals surface area (Å²) in [7, 11) is 0. The van der Waals surface area contributed by atoms with Crippen LogP contribution in [0.4, 0.5) is 4.39 Å². The minimum Gasteiger partial charge on any atom is -0.494 e. The van der Waals surface area contributed by atoms with Crippen LogP contribution in [-0.2, 0) is 0 Å². The van der Waals surface area contributed by atoms with Gasteiger partial charge in [0.1, 0.15) is 11.6 Å². The maximum absolute atomic E-state index is 12.9. The highest BCUT2D eigenvalue weighted by Crippen LogP contribution is 2.13. The zero-order valence-electron chi connectivity index (χ0n) is 16.2. The van der Waals surface area contributed by atoms with E-state index in [0.29, 0.717) is 17.9 Å². The smallest absolute Gasteiger partial charge is 0.269 e. The number of ether oxygens (including phenoxy) is 1. The molecule has 0 heterocycles. The van der Waals surface area contributed by atoms with Crippen molar-refractivity contribution in [1.29, 1.82) is 0 Å². The van der Waals surface area contributed by atoms with E-state index in [9.17, 15) is 14.0 Å². The van der Waals surface area contributed by atoms with Gasteiger partial charge in [-0.2, -0.15) is 0 Å². The zero-order chi connectivity index (χ0) is 21.1. The van der Waals surface area contributed by atoms with E-state index < -0.39 is 17.6 Å². The molecule has 0 saturated carbocycles. The van der Waals surface area contributed by atoms with Crippen LogP contribution in [0.1, 0.15) is 53.3 Å². The Morgan fingerprint density at radius 3 is 2.17 bits per heavy atom. The first-order valence-electron chi connectivity index (χ1n) is 9.39. The number of hydrogen-bond acceptors (Lipinski definition) is 4. The molecule has 0 aliphatic rings. The lowest BCUT2D eigenvalue weighted by molar-refractivity contribution is 0.0934. The fraction of sp³-hybridized carbons (Fsp3) is 0.286. The molecule has 0 radical (unpaired) electrons. The molecule has 2 aromatic carbocycles. The van der Waals surface area contributed by atoms with E-state index in [1.54, 1.807) is 24.3 Å². The Morgan fingerprint density at radius 2 is 1.52 bits per heavy atom. The van der Waals surface area contributed by atoms with Crippen LogP contribution in [0, 0.1) is 5.82 Å². The molecule has 0 bridgehead atoms. The van der Waals surface area contributed by atoms with E-state index in [1.807, 2.05) is 0 Å². The molecule has 0 fully saturated rings. The van der Waals surface area contributed by atoms with E-state index in [1.165, 1.54) is 37.1 Å². The molecular formula is C21H24FN3O3S. The third kappa shape index (κ3) is 7.87. The van der Waals surface area contributed by atoms with Crippen LogP contribution < -0.4 is 20.9 Å². The third-order valence-electron chi connectivity index (χ3n) is 4.01. The number of carbonyl (C=O) groups excluding carboxylic acids is 2. The van der Waals surface area contributed by atoms with E-state index >= 15 is 0 Å². The number of nitrogens with one attached hydrogen (secondary N) is 3. The summed E-state index contributed by atoms with van der Waals surface area (Å²) in [5, 5.41) is 2.31. The Balaban J connectivity index is 1.74. The molecule has 154 valence electrons. The van der Waals surface area contributed by atoms with Crippen molar-refractivity contribution < 1.29 is 18.7 Å². The molecule has 0 spiro atoms. The standard InChI is InChI=1S/C21H24FN3O3S/c1-2-3-4-5-14-28-18-12-8-16(9-13-18)20(27)24-25-21(29)23-19(26)15-6-10-17(22)11-7-15/h6-13H,2-5,14H2,1H3,(H,24,27)(H2,23,25,26,29). The second-order valence-corrected chi connectivity index (χ2v) is 6.71. The van der Waals surface area contributed by atoms with Gasteiger partial charge in [-0.1, -0.05) is 26.2 Å². The van der Waals surface area contributed by atoms with Crippen molar-refractivity contribution in [3.8, 4) is 5.75 Å². The molecule has 8 heteroatoms. The Kier molecular flexibility index (Phi) is 9.04. The van der Waals surface area contributed by atoms with Crippen LogP contribution in [-0.4, -0.2) is 23.5 Å². The predicted molar refractivity (Wildman–Crippen MR) is 113 cm³/mol. The van der Waals surface area contributed by atoms with Crippen molar-refractivity contribution in [2.45, 2.75) is 32.6 Å². The summed E-state index contributed by atoms with van der Waals surface area (Å²) in [6, 6.07) is 11.7. The van der Waals surface area contributed by atoms with Crippen molar-refractivity contribution in [2.24, 2.45) is 0 Å². The Hall–Kier alpha value is -3.00. The molecule has 2 aromatic rings. The lowest BCUT2D eigenvalue weighted by Gasteiger charge is -2.11. The van der Waals surface area contributed by atoms with Crippen molar-refractivity contribution >= 4 is 29.1 Å². The number of thiocarbonyl (C=S) groups is 1. The number of carbonyl (C=O) groups is 2. The maximum atomic E-state index is 12.9. The summed E-state index contributed by atoms with van der Waals surface area (Å²) >= 11 is 4.97. The highest BCUT2D eigenvalue weighted by atomic mass is 32.1. The molecule has 0 aliphatic carbocycles. The average Bonchev–Trinajstić information content (AvgIpc) is 2.72. The van der Waals surface area contributed by atoms with Gasteiger partial charge in [0.25, 0.3) is 11.8 Å². The van der Waals surface area contributed by atoms with E-state index in [0.717, 1.165) is 12.8 Å². The summed E-state index contributed by atoms with van der Waals surface area (Å²) in [6.07, 6.45) is 4.51. The van der Waals surface area contributed by atoms with Crippen LogP contribution in [0.15, 0.2) is 48.5 Å². The zero-order valence-corrected chi connectivity index (χ0v) is 17.0. The van der Waals surface area contributed by atoms with E-state index in [2.05, 4.69) is 23.1 Å². The number of halogens is 1. The minimum absolute atomic E-state index is 0.0836. The average molecular weight is 418 g/mol. The number of benzene rings is 2. The fourth-order valence-electron chi connectivity index (χ4n) is 2.41. The van der Waals surface area contributed by atoms with Crippen molar-refractivity contribution in [2.75, 3.05) is 6.61 Å². The van der Waals surface area contributed by atoms with Crippen LogP contribution in [0.5, 0.6) is 5.75 Å². The molecule has 2 amide bonds. The summed E-state index contributed by atoms with van der Waals surface area (Å²) in [5.74, 6) is -0.675. The molecular weight excluding hydrogens is 393 g/mol. The van der Waals surface area contributed by atoms with Gasteiger partial charge in [0, 0.05) is 11.1 Å². The highest BCUT2D eigenvalue weighted by molar-refractivity contribution is 7.80. The van der Waals surface area contributed by atoms with E-state index in [4.69, 9.17) is 17.0 Å². The van der Waals surface area contributed by atoms with Gasteiger partial charge in [-0.3, -0.25) is 25.8 Å². The maximum Gasteiger partial charge on any atom is 0.269 e. The fourth-order valence-corrected chi connectivity index (χ4v) is 2.56. The van der Waals surface area contributed by atoms with Gasteiger partial charge >= 0.3 is 0 Å². The van der Waals surface area contributed by atoms with Gasteiger partial charge in [-0.05, 0) is 67.2 Å². The normalized spacial score (nSPS) is 10.1. The van der Waals surface area contributed by atoms with Gasteiger partial charge in [0.2, 0.25) is 0 Å². The van der Waals surface area contributed by atoms with Gasteiger partial charge in [-0.25, -0.2) is 4.39 Å². The first-order chi connectivity index (χ1) is 14.0. The first kappa shape index (κ1) is 22.3. The van der Waals surface area contributed by atoms with Crippen molar-refractivity contribution in [1.82, 2.24) is 16.2 Å². The molecule has 0 aromatic heterocycles. The molecule has 6 nitrogen and oxygen atoms in total. The van der Waals surface area contributed by atoms with Gasteiger partial charge in [-0.15, -0.1) is 0 Å². The molecule has 3 N–H and O–H groups in total. The van der Waals surface area contributed by atoms with Gasteiger partial charge in [0.05, 0.1) is 6.61 Å².